The highest BCUT2D eigenvalue weighted by Gasteiger charge is 2.78. The quantitative estimate of drug-likeness (QED) is 0.360. The fourth-order valence-electron chi connectivity index (χ4n) is 8.32. The molecule has 4 aliphatic rings. The predicted molar refractivity (Wildman–Crippen MR) is 155 cm³/mol. The minimum atomic E-state index is -2.33. The highest BCUT2D eigenvalue weighted by molar-refractivity contribution is 8.14. The van der Waals surface area contributed by atoms with Gasteiger partial charge in [-0.2, -0.15) is 0 Å². The number of rotatable bonds is 4. The molecule has 4 aliphatic carbocycles. The molecule has 0 amide bonds. The summed E-state index contributed by atoms with van der Waals surface area (Å²) in [5.74, 6) is 1.69. The van der Waals surface area contributed by atoms with Gasteiger partial charge in [-0.3, -0.25) is 9.59 Å². The van der Waals surface area contributed by atoms with E-state index in [9.17, 15) is 19.5 Å². The summed E-state index contributed by atoms with van der Waals surface area (Å²) in [6.45, 7) is 4.61. The number of allylic oxidation sites excluding steroid dienone is 4. The summed E-state index contributed by atoms with van der Waals surface area (Å²) in [6.07, 6.45) is 0.137. The second kappa shape index (κ2) is 10.9. The van der Waals surface area contributed by atoms with E-state index in [1.807, 2.05) is 0 Å². The first-order chi connectivity index (χ1) is 19.8. The molecule has 3 saturated carbocycles. The second-order valence-corrected chi connectivity index (χ2v) is 13.6. The highest BCUT2D eigenvalue weighted by Crippen LogP contribution is 2.72. The summed E-state index contributed by atoms with van der Waals surface area (Å²) in [5.41, 5.74) is -6.80. The van der Waals surface area contributed by atoms with Crippen LogP contribution in [-0.4, -0.2) is 63.0 Å². The van der Waals surface area contributed by atoms with Crippen molar-refractivity contribution in [2.45, 2.75) is 63.6 Å². The van der Waals surface area contributed by atoms with Crippen molar-refractivity contribution < 1.29 is 38.1 Å². The first kappa shape index (κ1) is 30.9. The van der Waals surface area contributed by atoms with Gasteiger partial charge in [0.2, 0.25) is 5.12 Å². The van der Waals surface area contributed by atoms with Gasteiger partial charge in [-0.25, -0.2) is 13.6 Å². The zero-order valence-electron chi connectivity index (χ0n) is 23.5. The molecule has 2 N–H and O–H groups in total. The molecule has 3 fully saturated rings. The van der Waals surface area contributed by atoms with E-state index >= 15 is 8.78 Å². The molecule has 0 saturated heterocycles. The smallest absolute Gasteiger partial charge is 0.339 e. The van der Waals surface area contributed by atoms with Crippen molar-refractivity contribution in [3.05, 3.63) is 58.7 Å². The van der Waals surface area contributed by atoms with Crippen molar-refractivity contribution in [1.29, 1.82) is 0 Å². The van der Waals surface area contributed by atoms with Crippen LogP contribution in [0.5, 0.6) is 0 Å². The van der Waals surface area contributed by atoms with E-state index in [0.717, 1.165) is 17.8 Å². The Kier molecular flexibility index (Phi) is 8.02. The molecule has 0 radical (unpaired) electrons. The maximum atomic E-state index is 17.6. The van der Waals surface area contributed by atoms with E-state index < -0.39 is 69.0 Å². The topological polar surface area (TPSA) is 101 Å². The fourth-order valence-corrected chi connectivity index (χ4v) is 9.45. The largest absolute Gasteiger partial charge is 0.446 e. The van der Waals surface area contributed by atoms with Gasteiger partial charge < -0.3 is 14.9 Å². The van der Waals surface area contributed by atoms with Crippen LogP contribution in [0.4, 0.5) is 8.78 Å². The number of hydrogen-bond acceptors (Lipinski definition) is 7. The van der Waals surface area contributed by atoms with Crippen molar-refractivity contribution in [1.82, 2.24) is 0 Å². The predicted octanol–water partition coefficient (Wildman–Crippen LogP) is 5.06. The molecule has 6 nitrogen and oxygen atoms in total. The molecule has 0 aromatic heterocycles. The summed E-state index contributed by atoms with van der Waals surface area (Å²) >= 11 is 6.82. The minimum Gasteiger partial charge on any atom is -0.446 e. The molecular formula is C32H33ClF2O6S. The summed E-state index contributed by atoms with van der Waals surface area (Å²) < 4.78 is 39.6. The fraction of sp³-hybridized carbons (Fsp3) is 0.531. The van der Waals surface area contributed by atoms with Crippen LogP contribution in [0, 0.1) is 40.4 Å². The molecule has 0 bridgehead atoms. The lowest BCUT2D eigenvalue weighted by molar-refractivity contribution is -0.221. The Morgan fingerprint density at radius 3 is 2.52 bits per heavy atom. The third-order valence-electron chi connectivity index (χ3n) is 10.3. The average Bonchev–Trinajstić information content (AvgIpc) is 3.16. The molecule has 9 atom stereocenters. The average molecular weight is 619 g/mol. The Bertz CT molecular complexity index is 1430. The van der Waals surface area contributed by atoms with E-state index in [-0.39, 0.29) is 42.8 Å². The van der Waals surface area contributed by atoms with Gasteiger partial charge in [-0.05, 0) is 74.1 Å². The SMILES string of the molecule is C[C@@H]1C[C@H]2[C@@H]3C[C@H](F)C4=CC(=O)C=C[C@]4(C)[C@@]3(F)[C@@H](O)C[C@]2(C)[C@@]1(OC(=O)c1ccc(Cl)cc1)C(=O)SCC#CCO. The highest BCUT2D eigenvalue weighted by atomic mass is 35.5. The zero-order chi connectivity index (χ0) is 30.7. The molecule has 0 unspecified atom stereocenters. The van der Waals surface area contributed by atoms with E-state index in [2.05, 4.69) is 11.8 Å². The number of carbonyl (C=O) groups is 3. The normalized spacial score (nSPS) is 40.1. The van der Waals surface area contributed by atoms with Crippen LogP contribution < -0.4 is 0 Å². The first-order valence-electron chi connectivity index (χ1n) is 13.9. The van der Waals surface area contributed by atoms with Gasteiger partial charge in [0.15, 0.2) is 17.1 Å². The summed E-state index contributed by atoms with van der Waals surface area (Å²) in [5, 5.41) is 20.6. The van der Waals surface area contributed by atoms with Crippen molar-refractivity contribution in [3.63, 3.8) is 0 Å². The molecule has 0 spiro atoms. The van der Waals surface area contributed by atoms with Gasteiger partial charge >= 0.3 is 5.97 Å². The number of benzene rings is 1. The Morgan fingerprint density at radius 2 is 1.86 bits per heavy atom. The van der Waals surface area contributed by atoms with Crippen LogP contribution >= 0.6 is 23.4 Å². The summed E-state index contributed by atoms with van der Waals surface area (Å²) in [6, 6.07) is 6.00. The standard InChI is InChI=1S/C32H33ClF2O6S/c1-18-14-22-23-16-25(34)24-15-21(37)10-11-29(24,2)31(23,35)26(38)17-30(22,3)32(18,28(40)42-13-5-4-12-36)41-27(39)19-6-8-20(33)9-7-19/h6-11,15,18,22-23,25-26,36,38H,12-14,16-17H2,1-3H3/t18-,22+,23+,25+,26+,29+,30+,31+,32+/m1/s1. The molecule has 1 aromatic rings. The molecule has 0 aliphatic heterocycles. The lowest BCUT2D eigenvalue weighted by Gasteiger charge is -2.63. The number of ether oxygens (including phenoxy) is 1. The van der Waals surface area contributed by atoms with Gasteiger partial charge in [0, 0.05) is 27.7 Å². The van der Waals surface area contributed by atoms with Gasteiger partial charge in [0.05, 0.1) is 17.4 Å². The number of aliphatic hydroxyl groups excluding tert-OH is 2. The number of hydrogen-bond donors (Lipinski definition) is 2. The third kappa shape index (κ3) is 4.32. The van der Waals surface area contributed by atoms with E-state index in [4.69, 9.17) is 21.4 Å². The molecule has 224 valence electrons. The number of aliphatic hydroxyl groups is 2. The van der Waals surface area contributed by atoms with Crippen LogP contribution in [0.1, 0.15) is 50.4 Å². The second-order valence-electron chi connectivity index (χ2n) is 12.2. The van der Waals surface area contributed by atoms with E-state index in [0.29, 0.717) is 5.02 Å². The number of thioether (sulfide) groups is 1. The van der Waals surface area contributed by atoms with E-state index in [1.54, 1.807) is 13.8 Å². The van der Waals surface area contributed by atoms with Gasteiger partial charge in [-0.1, -0.05) is 55.1 Å². The molecule has 42 heavy (non-hydrogen) atoms. The number of halogens is 3. The Balaban J connectivity index is 1.61. The van der Waals surface area contributed by atoms with Crippen LogP contribution in [0.15, 0.2) is 48.1 Å². The molecule has 10 heteroatoms. The zero-order valence-corrected chi connectivity index (χ0v) is 25.1. The Morgan fingerprint density at radius 1 is 1.17 bits per heavy atom. The Hall–Kier alpha value is -2.51. The van der Waals surface area contributed by atoms with Gasteiger partial charge in [-0.15, -0.1) is 0 Å². The number of ketones is 1. The van der Waals surface area contributed by atoms with Gasteiger partial charge in [0.25, 0.3) is 0 Å². The lowest BCUT2D eigenvalue weighted by atomic mass is 9.44. The lowest BCUT2D eigenvalue weighted by Crippen LogP contribution is -2.70. The Labute approximate surface area is 252 Å². The summed E-state index contributed by atoms with van der Waals surface area (Å²) in [4.78, 5) is 39.9. The number of carbonyl (C=O) groups excluding carboxylic acids is 3. The summed E-state index contributed by atoms with van der Waals surface area (Å²) in [7, 11) is 0. The number of fused-ring (bicyclic) bond motifs is 5. The van der Waals surface area contributed by atoms with Crippen molar-refractivity contribution >= 4 is 40.2 Å². The van der Waals surface area contributed by atoms with Crippen LogP contribution in [0.2, 0.25) is 5.02 Å². The van der Waals surface area contributed by atoms with Crippen LogP contribution in [0.25, 0.3) is 0 Å². The maximum absolute atomic E-state index is 17.6. The molecule has 0 heterocycles. The molecule has 5 rings (SSSR count). The number of alkyl halides is 2. The maximum Gasteiger partial charge on any atom is 0.339 e. The first-order valence-corrected chi connectivity index (χ1v) is 15.3. The van der Waals surface area contributed by atoms with Crippen molar-refractivity contribution in [2.24, 2.45) is 28.6 Å². The minimum absolute atomic E-state index is 0.0111. The van der Waals surface area contributed by atoms with Crippen molar-refractivity contribution in [2.75, 3.05) is 12.4 Å². The third-order valence-corrected chi connectivity index (χ3v) is 11.4. The van der Waals surface area contributed by atoms with Gasteiger partial charge in [0.1, 0.15) is 12.8 Å². The molecule has 1 aromatic carbocycles. The monoisotopic (exact) mass is 618 g/mol. The van der Waals surface area contributed by atoms with Crippen molar-refractivity contribution in [3.8, 4) is 11.8 Å². The van der Waals surface area contributed by atoms with E-state index in [1.165, 1.54) is 43.3 Å². The van der Waals surface area contributed by atoms with Crippen LogP contribution in [0.3, 0.4) is 0 Å². The van der Waals surface area contributed by atoms with Crippen LogP contribution in [-0.2, 0) is 14.3 Å². The number of esters is 1. The molecular weight excluding hydrogens is 586 g/mol.